The highest BCUT2D eigenvalue weighted by molar-refractivity contribution is 5.95. The highest BCUT2D eigenvalue weighted by Gasteiger charge is 2.02. The quantitative estimate of drug-likeness (QED) is 0.650. The van der Waals surface area contributed by atoms with Crippen molar-refractivity contribution in [1.29, 1.82) is 5.41 Å². The van der Waals surface area contributed by atoms with E-state index in [0.29, 0.717) is 6.61 Å². The summed E-state index contributed by atoms with van der Waals surface area (Å²) in [6, 6.07) is 13.7. The number of nitrogens with two attached hydrogens (primary N) is 1. The van der Waals surface area contributed by atoms with E-state index in [1.807, 2.05) is 44.2 Å². The van der Waals surface area contributed by atoms with Gasteiger partial charge in [0.1, 0.15) is 18.2 Å². The molecule has 2 rings (SSSR count). The fourth-order valence-electron chi connectivity index (χ4n) is 1.85. The molecule has 19 heavy (non-hydrogen) atoms. The van der Waals surface area contributed by atoms with Crippen LogP contribution in [-0.4, -0.2) is 5.84 Å². The SMILES string of the molecule is Cc1ccc(C)c(OCc2cccc(C(=N)N)c2)c1. The summed E-state index contributed by atoms with van der Waals surface area (Å²) in [7, 11) is 0. The molecular weight excluding hydrogens is 236 g/mol. The summed E-state index contributed by atoms with van der Waals surface area (Å²) >= 11 is 0. The van der Waals surface area contributed by atoms with Crippen molar-refractivity contribution in [2.24, 2.45) is 5.73 Å². The maximum absolute atomic E-state index is 7.43. The fraction of sp³-hybridized carbons (Fsp3) is 0.188. The Morgan fingerprint density at radius 3 is 2.68 bits per heavy atom. The molecule has 0 saturated carbocycles. The molecule has 0 atom stereocenters. The number of benzene rings is 2. The van der Waals surface area contributed by atoms with E-state index < -0.39 is 0 Å². The minimum absolute atomic E-state index is 0.0774. The molecule has 0 radical (unpaired) electrons. The molecule has 0 fully saturated rings. The second-order valence-electron chi connectivity index (χ2n) is 4.67. The van der Waals surface area contributed by atoms with Crippen molar-refractivity contribution in [2.75, 3.05) is 0 Å². The molecule has 0 bridgehead atoms. The van der Waals surface area contributed by atoms with Gasteiger partial charge in [-0.15, -0.1) is 0 Å². The molecule has 0 spiro atoms. The van der Waals surface area contributed by atoms with Gasteiger partial charge >= 0.3 is 0 Å². The summed E-state index contributed by atoms with van der Waals surface area (Å²) in [5, 5.41) is 7.43. The zero-order valence-corrected chi connectivity index (χ0v) is 11.2. The summed E-state index contributed by atoms with van der Waals surface area (Å²) in [4.78, 5) is 0. The molecule has 0 saturated heterocycles. The maximum atomic E-state index is 7.43. The third-order valence-electron chi connectivity index (χ3n) is 2.98. The fourth-order valence-corrected chi connectivity index (χ4v) is 1.85. The van der Waals surface area contributed by atoms with Crippen molar-refractivity contribution in [1.82, 2.24) is 0 Å². The van der Waals surface area contributed by atoms with Crippen LogP contribution in [0, 0.1) is 19.3 Å². The molecule has 3 nitrogen and oxygen atoms in total. The van der Waals surface area contributed by atoms with E-state index in [9.17, 15) is 0 Å². The van der Waals surface area contributed by atoms with Crippen molar-refractivity contribution < 1.29 is 4.74 Å². The van der Waals surface area contributed by atoms with Crippen molar-refractivity contribution in [3.05, 3.63) is 64.7 Å². The molecule has 0 aliphatic heterocycles. The van der Waals surface area contributed by atoms with Crippen LogP contribution in [0.4, 0.5) is 0 Å². The number of hydrogen-bond donors (Lipinski definition) is 2. The molecule has 3 heteroatoms. The lowest BCUT2D eigenvalue weighted by atomic mass is 10.1. The van der Waals surface area contributed by atoms with E-state index in [2.05, 4.69) is 12.1 Å². The van der Waals surface area contributed by atoms with Gasteiger partial charge in [-0.2, -0.15) is 0 Å². The molecule has 3 N–H and O–H groups in total. The molecule has 0 amide bonds. The molecule has 0 unspecified atom stereocenters. The van der Waals surface area contributed by atoms with Gasteiger partial charge < -0.3 is 10.5 Å². The Morgan fingerprint density at radius 1 is 1.16 bits per heavy atom. The number of ether oxygens (including phenoxy) is 1. The predicted molar refractivity (Wildman–Crippen MR) is 77.7 cm³/mol. The highest BCUT2D eigenvalue weighted by atomic mass is 16.5. The van der Waals surface area contributed by atoms with Crippen LogP contribution in [0.1, 0.15) is 22.3 Å². The van der Waals surface area contributed by atoms with E-state index >= 15 is 0 Å². The van der Waals surface area contributed by atoms with Gasteiger partial charge in [-0.3, -0.25) is 5.41 Å². The van der Waals surface area contributed by atoms with Gasteiger partial charge in [-0.05, 0) is 42.7 Å². The van der Waals surface area contributed by atoms with Crippen LogP contribution < -0.4 is 10.5 Å². The Bertz CT molecular complexity index is 605. The first-order valence-electron chi connectivity index (χ1n) is 6.19. The Hall–Kier alpha value is -2.29. The van der Waals surface area contributed by atoms with Crippen molar-refractivity contribution in [3.8, 4) is 5.75 Å². The van der Waals surface area contributed by atoms with E-state index in [0.717, 1.165) is 22.4 Å². The first kappa shape index (κ1) is 13.1. The first-order valence-corrected chi connectivity index (χ1v) is 6.19. The van der Waals surface area contributed by atoms with Crippen LogP contribution in [-0.2, 0) is 6.61 Å². The van der Waals surface area contributed by atoms with Crippen LogP contribution in [0.5, 0.6) is 5.75 Å². The third kappa shape index (κ3) is 3.35. The summed E-state index contributed by atoms with van der Waals surface area (Å²) < 4.78 is 5.83. The van der Waals surface area contributed by atoms with Gasteiger partial charge in [0.2, 0.25) is 0 Å². The van der Waals surface area contributed by atoms with Gasteiger partial charge in [0.05, 0.1) is 0 Å². The van der Waals surface area contributed by atoms with Crippen molar-refractivity contribution in [3.63, 3.8) is 0 Å². The molecular formula is C16H18N2O. The van der Waals surface area contributed by atoms with Gasteiger partial charge in [0.25, 0.3) is 0 Å². The monoisotopic (exact) mass is 254 g/mol. The summed E-state index contributed by atoms with van der Waals surface area (Å²) in [6.45, 7) is 4.55. The third-order valence-corrected chi connectivity index (χ3v) is 2.98. The molecule has 98 valence electrons. The van der Waals surface area contributed by atoms with Gasteiger partial charge in [-0.1, -0.05) is 30.3 Å². The normalized spacial score (nSPS) is 10.2. The molecule has 0 aromatic heterocycles. The second-order valence-corrected chi connectivity index (χ2v) is 4.67. The van der Waals surface area contributed by atoms with Crippen LogP contribution in [0.2, 0.25) is 0 Å². The zero-order valence-electron chi connectivity index (χ0n) is 11.2. The lowest BCUT2D eigenvalue weighted by molar-refractivity contribution is 0.304. The molecule has 0 heterocycles. The number of hydrogen-bond acceptors (Lipinski definition) is 2. The van der Waals surface area contributed by atoms with E-state index in [-0.39, 0.29) is 5.84 Å². The first-order chi connectivity index (χ1) is 9.06. The smallest absolute Gasteiger partial charge is 0.122 e. The summed E-state index contributed by atoms with van der Waals surface area (Å²) in [6.07, 6.45) is 0. The van der Waals surface area contributed by atoms with Crippen molar-refractivity contribution >= 4 is 5.84 Å². The van der Waals surface area contributed by atoms with E-state index in [4.69, 9.17) is 15.9 Å². The minimum atomic E-state index is 0.0774. The van der Waals surface area contributed by atoms with Crippen LogP contribution in [0.3, 0.4) is 0 Å². The van der Waals surface area contributed by atoms with Crippen LogP contribution in [0.15, 0.2) is 42.5 Å². The number of aryl methyl sites for hydroxylation is 2. The van der Waals surface area contributed by atoms with E-state index in [1.54, 1.807) is 0 Å². The second kappa shape index (κ2) is 5.57. The maximum Gasteiger partial charge on any atom is 0.122 e. The average Bonchev–Trinajstić information content (AvgIpc) is 2.40. The minimum Gasteiger partial charge on any atom is -0.489 e. The topological polar surface area (TPSA) is 59.1 Å². The average molecular weight is 254 g/mol. The largest absolute Gasteiger partial charge is 0.489 e. The number of amidine groups is 1. The van der Waals surface area contributed by atoms with Crippen molar-refractivity contribution in [2.45, 2.75) is 20.5 Å². The molecule has 2 aromatic carbocycles. The Labute approximate surface area is 113 Å². The van der Waals surface area contributed by atoms with Crippen LogP contribution >= 0.6 is 0 Å². The highest BCUT2D eigenvalue weighted by Crippen LogP contribution is 2.20. The predicted octanol–water partition coefficient (Wildman–Crippen LogP) is 3.17. The molecule has 2 aromatic rings. The lowest BCUT2D eigenvalue weighted by Crippen LogP contribution is -2.11. The Kier molecular flexibility index (Phi) is 3.85. The Balaban J connectivity index is 2.12. The van der Waals surface area contributed by atoms with Gasteiger partial charge in [-0.25, -0.2) is 0 Å². The Morgan fingerprint density at radius 2 is 1.95 bits per heavy atom. The van der Waals surface area contributed by atoms with Crippen LogP contribution in [0.25, 0.3) is 0 Å². The lowest BCUT2D eigenvalue weighted by Gasteiger charge is -2.10. The summed E-state index contributed by atoms with van der Waals surface area (Å²) in [5.74, 6) is 0.974. The molecule has 0 aliphatic carbocycles. The number of nitrogen functional groups attached to an aromatic ring is 1. The number of rotatable bonds is 4. The number of nitrogens with one attached hydrogen (secondary N) is 1. The summed E-state index contributed by atoms with van der Waals surface area (Å²) in [5.41, 5.74) is 9.51. The standard InChI is InChI=1S/C16H18N2O/c1-11-6-7-12(2)15(8-11)19-10-13-4-3-5-14(9-13)16(17)18/h3-9H,10H2,1-2H3,(H3,17,18). The van der Waals surface area contributed by atoms with Gasteiger partial charge in [0, 0.05) is 5.56 Å². The van der Waals surface area contributed by atoms with Gasteiger partial charge in [0.15, 0.2) is 0 Å². The zero-order chi connectivity index (χ0) is 13.8. The molecule has 0 aliphatic rings. The van der Waals surface area contributed by atoms with E-state index in [1.165, 1.54) is 5.56 Å².